The van der Waals surface area contributed by atoms with Gasteiger partial charge in [-0.1, -0.05) is 25.1 Å². The van der Waals surface area contributed by atoms with Gasteiger partial charge in [0.15, 0.2) is 6.61 Å². The molecule has 0 aliphatic carbocycles. The topological polar surface area (TPSA) is 64.3 Å². The fraction of sp³-hybridized carbons (Fsp3) is 0.462. The number of rotatable bonds is 7. The van der Waals surface area contributed by atoms with Crippen LogP contribution in [0.1, 0.15) is 13.3 Å². The van der Waals surface area contributed by atoms with Gasteiger partial charge in [0.1, 0.15) is 5.75 Å². The molecule has 94 valence electrons. The number of benzene rings is 1. The molecule has 3 N–H and O–H groups in total. The molecule has 0 aliphatic heterocycles. The second kappa shape index (κ2) is 7.68. The first-order chi connectivity index (χ1) is 8.22. The smallest absolute Gasteiger partial charge is 0.257 e. The molecule has 0 aliphatic rings. The average Bonchev–Trinajstić information content (AvgIpc) is 2.35. The van der Waals surface area contributed by atoms with Crippen LogP contribution < -0.4 is 15.8 Å². The van der Waals surface area contributed by atoms with Gasteiger partial charge in [0.2, 0.25) is 0 Å². The van der Waals surface area contributed by atoms with E-state index in [4.69, 9.17) is 10.5 Å². The molecular formula is C13H20N2O2. The van der Waals surface area contributed by atoms with Crippen LogP contribution in [0.4, 0.5) is 0 Å². The lowest BCUT2D eigenvalue weighted by Crippen LogP contribution is -2.32. The first-order valence-corrected chi connectivity index (χ1v) is 5.87. The Morgan fingerprint density at radius 1 is 1.41 bits per heavy atom. The van der Waals surface area contributed by atoms with E-state index in [-0.39, 0.29) is 12.5 Å². The average molecular weight is 236 g/mol. The molecule has 0 saturated carbocycles. The summed E-state index contributed by atoms with van der Waals surface area (Å²) < 4.78 is 5.32. The molecule has 1 unspecified atom stereocenters. The van der Waals surface area contributed by atoms with E-state index in [1.165, 1.54) is 0 Å². The van der Waals surface area contributed by atoms with E-state index in [1.807, 2.05) is 30.3 Å². The Morgan fingerprint density at radius 2 is 2.12 bits per heavy atom. The molecule has 0 heterocycles. The Morgan fingerprint density at radius 3 is 2.76 bits per heavy atom. The van der Waals surface area contributed by atoms with Gasteiger partial charge in [-0.2, -0.15) is 0 Å². The third-order valence-electron chi connectivity index (χ3n) is 2.42. The van der Waals surface area contributed by atoms with Gasteiger partial charge in [-0.05, 0) is 31.0 Å². The fourth-order valence-corrected chi connectivity index (χ4v) is 1.39. The predicted octanol–water partition coefficient (Wildman–Crippen LogP) is 1.17. The Kier molecular flexibility index (Phi) is 6.10. The van der Waals surface area contributed by atoms with E-state index in [1.54, 1.807) is 0 Å². The summed E-state index contributed by atoms with van der Waals surface area (Å²) in [4.78, 5) is 11.5. The van der Waals surface area contributed by atoms with Crippen molar-refractivity contribution in [3.8, 4) is 5.75 Å². The van der Waals surface area contributed by atoms with E-state index in [9.17, 15) is 4.79 Å². The Hall–Kier alpha value is -1.55. The third kappa shape index (κ3) is 5.92. The van der Waals surface area contributed by atoms with Gasteiger partial charge in [0, 0.05) is 6.54 Å². The number of amides is 1. The molecule has 0 radical (unpaired) electrons. The number of carbonyl (C=O) groups is 1. The summed E-state index contributed by atoms with van der Waals surface area (Å²) >= 11 is 0. The minimum Gasteiger partial charge on any atom is -0.484 e. The number of hydrogen-bond acceptors (Lipinski definition) is 3. The molecule has 1 atom stereocenters. The summed E-state index contributed by atoms with van der Waals surface area (Å²) in [6.45, 7) is 3.41. The first-order valence-electron chi connectivity index (χ1n) is 5.87. The van der Waals surface area contributed by atoms with Crippen LogP contribution in [0.3, 0.4) is 0 Å². The Balaban J connectivity index is 2.17. The molecular weight excluding hydrogens is 216 g/mol. The molecule has 1 rings (SSSR count). The van der Waals surface area contributed by atoms with Crippen molar-refractivity contribution in [3.63, 3.8) is 0 Å². The molecule has 17 heavy (non-hydrogen) atoms. The van der Waals surface area contributed by atoms with Gasteiger partial charge in [-0.3, -0.25) is 4.79 Å². The Bertz CT molecular complexity index is 327. The van der Waals surface area contributed by atoms with Crippen molar-refractivity contribution in [1.29, 1.82) is 0 Å². The van der Waals surface area contributed by atoms with E-state index in [2.05, 4.69) is 12.2 Å². The molecule has 1 aromatic carbocycles. The lowest BCUT2D eigenvalue weighted by molar-refractivity contribution is -0.123. The zero-order chi connectivity index (χ0) is 12.5. The minimum atomic E-state index is -0.0993. The Labute approximate surface area is 102 Å². The van der Waals surface area contributed by atoms with Gasteiger partial charge >= 0.3 is 0 Å². The van der Waals surface area contributed by atoms with Crippen LogP contribution >= 0.6 is 0 Å². The lowest BCUT2D eigenvalue weighted by Gasteiger charge is -2.11. The van der Waals surface area contributed by atoms with Gasteiger partial charge in [-0.25, -0.2) is 0 Å². The first kappa shape index (κ1) is 13.5. The van der Waals surface area contributed by atoms with Crippen LogP contribution in [0.15, 0.2) is 30.3 Å². The van der Waals surface area contributed by atoms with E-state index in [0.29, 0.717) is 24.8 Å². The van der Waals surface area contributed by atoms with Crippen LogP contribution in [0, 0.1) is 5.92 Å². The molecule has 1 aromatic rings. The van der Waals surface area contributed by atoms with Crippen molar-refractivity contribution in [2.75, 3.05) is 19.7 Å². The molecule has 1 amide bonds. The number of ether oxygens (including phenoxy) is 1. The summed E-state index contributed by atoms with van der Waals surface area (Å²) in [5.74, 6) is 1.01. The molecule has 4 heteroatoms. The van der Waals surface area contributed by atoms with Crippen molar-refractivity contribution in [1.82, 2.24) is 5.32 Å². The summed E-state index contributed by atoms with van der Waals surface area (Å²) in [5, 5.41) is 2.82. The highest BCUT2D eigenvalue weighted by molar-refractivity contribution is 5.77. The number of para-hydroxylation sites is 1. The maximum absolute atomic E-state index is 11.5. The zero-order valence-corrected chi connectivity index (χ0v) is 10.2. The van der Waals surface area contributed by atoms with Gasteiger partial charge in [-0.15, -0.1) is 0 Å². The molecule has 0 aromatic heterocycles. The van der Waals surface area contributed by atoms with E-state index < -0.39 is 0 Å². The lowest BCUT2D eigenvalue weighted by atomic mass is 10.1. The highest BCUT2D eigenvalue weighted by Gasteiger charge is 2.05. The second-order valence-electron chi connectivity index (χ2n) is 4.09. The number of nitrogens with one attached hydrogen (secondary N) is 1. The van der Waals surface area contributed by atoms with Gasteiger partial charge in [0.05, 0.1) is 0 Å². The van der Waals surface area contributed by atoms with Crippen molar-refractivity contribution in [3.05, 3.63) is 30.3 Å². The molecule has 0 saturated heterocycles. The number of hydrogen-bond donors (Lipinski definition) is 2. The fourth-order valence-electron chi connectivity index (χ4n) is 1.39. The van der Waals surface area contributed by atoms with Crippen molar-refractivity contribution in [2.24, 2.45) is 11.7 Å². The monoisotopic (exact) mass is 236 g/mol. The predicted molar refractivity (Wildman–Crippen MR) is 67.8 cm³/mol. The van der Waals surface area contributed by atoms with Gasteiger partial charge in [0.25, 0.3) is 5.91 Å². The van der Waals surface area contributed by atoms with E-state index >= 15 is 0 Å². The molecule has 0 fully saturated rings. The van der Waals surface area contributed by atoms with Crippen molar-refractivity contribution >= 4 is 5.91 Å². The SMILES string of the molecule is CC(CCN)CNC(=O)COc1ccccc1. The van der Waals surface area contributed by atoms with Crippen LogP contribution in [0.25, 0.3) is 0 Å². The highest BCUT2D eigenvalue weighted by atomic mass is 16.5. The standard InChI is InChI=1S/C13H20N2O2/c1-11(7-8-14)9-15-13(16)10-17-12-5-3-2-4-6-12/h2-6,11H,7-10,14H2,1H3,(H,15,16). The van der Waals surface area contributed by atoms with E-state index in [0.717, 1.165) is 6.42 Å². The molecule has 0 bridgehead atoms. The maximum atomic E-state index is 11.5. The normalized spacial score (nSPS) is 11.9. The molecule has 0 spiro atoms. The minimum absolute atomic E-state index is 0.0549. The summed E-state index contributed by atoms with van der Waals surface area (Å²) in [7, 11) is 0. The largest absolute Gasteiger partial charge is 0.484 e. The quantitative estimate of drug-likeness (QED) is 0.747. The third-order valence-corrected chi connectivity index (χ3v) is 2.42. The summed E-state index contributed by atoms with van der Waals surface area (Å²) in [6.07, 6.45) is 0.916. The van der Waals surface area contributed by atoms with Crippen molar-refractivity contribution < 1.29 is 9.53 Å². The molecule has 4 nitrogen and oxygen atoms in total. The highest BCUT2D eigenvalue weighted by Crippen LogP contribution is 2.07. The summed E-state index contributed by atoms with van der Waals surface area (Å²) in [5.41, 5.74) is 5.43. The van der Waals surface area contributed by atoms with Crippen LogP contribution in [0.5, 0.6) is 5.75 Å². The van der Waals surface area contributed by atoms with Crippen molar-refractivity contribution in [2.45, 2.75) is 13.3 Å². The van der Waals surface area contributed by atoms with Crippen LogP contribution in [-0.2, 0) is 4.79 Å². The number of nitrogens with two attached hydrogens (primary N) is 1. The second-order valence-corrected chi connectivity index (χ2v) is 4.09. The van der Waals surface area contributed by atoms with Gasteiger partial charge < -0.3 is 15.8 Å². The number of carbonyl (C=O) groups excluding carboxylic acids is 1. The maximum Gasteiger partial charge on any atom is 0.257 e. The van der Waals surface area contributed by atoms with Crippen LogP contribution in [-0.4, -0.2) is 25.6 Å². The van der Waals surface area contributed by atoms with Crippen LogP contribution in [0.2, 0.25) is 0 Å². The zero-order valence-electron chi connectivity index (χ0n) is 10.2. The summed E-state index contributed by atoms with van der Waals surface area (Å²) in [6, 6.07) is 9.29.